The molecule has 4 heteroatoms. The van der Waals surface area contributed by atoms with Crippen molar-refractivity contribution in [1.82, 2.24) is 14.1 Å². The van der Waals surface area contributed by atoms with Crippen LogP contribution >= 0.6 is 0 Å². The van der Waals surface area contributed by atoms with E-state index >= 15 is 0 Å². The van der Waals surface area contributed by atoms with Crippen LogP contribution in [0.15, 0.2) is 36.6 Å². The summed E-state index contributed by atoms with van der Waals surface area (Å²) >= 11 is 0. The molecule has 3 aromatic rings. The van der Waals surface area contributed by atoms with Crippen molar-refractivity contribution in [3.05, 3.63) is 53.7 Å². The molecule has 2 aromatic heterocycles. The minimum Gasteiger partial charge on any atom is -0.347 e. The summed E-state index contributed by atoms with van der Waals surface area (Å²) in [5, 5.41) is 0.234. The van der Waals surface area contributed by atoms with Gasteiger partial charge in [-0.15, -0.1) is 0 Å². The first-order valence-electron chi connectivity index (χ1n) is 11.4. The number of aromatic nitrogens is 3. The average molecular weight is 302 g/mol. The van der Waals surface area contributed by atoms with Gasteiger partial charge in [-0.2, -0.15) is 0 Å². The molecule has 1 aliphatic rings. The molecule has 0 N–H and O–H groups in total. The van der Waals surface area contributed by atoms with Gasteiger partial charge in [0, 0.05) is 63.5 Å². The third-order valence-electron chi connectivity index (χ3n) is 3.96. The van der Waals surface area contributed by atoms with E-state index in [1.807, 2.05) is 0 Å². The predicted molar refractivity (Wildman–Crippen MR) is 86.0 cm³/mol. The third-order valence-corrected chi connectivity index (χ3v) is 3.96. The van der Waals surface area contributed by atoms with Gasteiger partial charge in [0.2, 0.25) is 0 Å². The molecule has 1 unspecified atom stereocenters. The van der Waals surface area contributed by atoms with Crippen molar-refractivity contribution in [2.45, 2.75) is 26.2 Å². The van der Waals surface area contributed by atoms with Crippen LogP contribution in [0.5, 0.6) is 0 Å². The molecule has 0 radical (unpaired) electrons. The minimum atomic E-state index is -2.83. The summed E-state index contributed by atoms with van der Waals surface area (Å²) in [5.74, 6) is -2.06. The van der Waals surface area contributed by atoms with E-state index in [0.29, 0.717) is 0 Å². The number of para-hydroxylation sites is 1. The predicted octanol–water partition coefficient (Wildman–Crippen LogP) is 3.13. The van der Waals surface area contributed by atoms with Gasteiger partial charge in [0.25, 0.3) is 0 Å². The molecule has 1 aromatic carbocycles. The fraction of sp³-hybridized carbons (Fsp3) is 0.333. The number of benzene rings is 1. The number of hydrogen-bond acceptors (Lipinski definition) is 2. The molecule has 0 fully saturated rings. The maximum atomic E-state index is 13.6. The van der Waals surface area contributed by atoms with Crippen molar-refractivity contribution in [3.8, 4) is 0 Å². The zero-order valence-corrected chi connectivity index (χ0v) is 11.8. The Kier molecular flexibility index (Phi) is 1.50. The average Bonchev–Trinajstić information content (AvgIpc) is 3.13. The minimum absolute atomic E-state index is 0.120. The van der Waals surface area contributed by atoms with E-state index in [4.69, 9.17) is 12.3 Å². The molecule has 0 saturated heterocycles. The van der Waals surface area contributed by atoms with Crippen LogP contribution in [0, 0.1) is 12.8 Å². The number of imidazole rings is 1. The van der Waals surface area contributed by atoms with Crippen molar-refractivity contribution in [1.29, 1.82) is 0 Å². The van der Waals surface area contributed by atoms with Crippen molar-refractivity contribution in [3.63, 3.8) is 0 Å². The molecule has 0 spiro atoms. The first kappa shape index (κ1) is 6.82. The number of Topliss-reactive ketones (excluding diaryl/α,β-unsaturated/α-hetero) is 1. The Morgan fingerprint density at radius 1 is 1.50 bits per heavy atom. The van der Waals surface area contributed by atoms with Crippen LogP contribution in [0.4, 0.5) is 0 Å². The summed E-state index contributed by atoms with van der Waals surface area (Å²) in [6, 6.07) is 6.14. The van der Waals surface area contributed by atoms with Gasteiger partial charge < -0.3 is 9.13 Å². The topological polar surface area (TPSA) is 39.8 Å². The number of aryl methyl sites for hydroxylation is 2. The van der Waals surface area contributed by atoms with Crippen LogP contribution in [0.1, 0.15) is 40.6 Å². The highest BCUT2D eigenvalue weighted by atomic mass is 16.1. The Morgan fingerprint density at radius 2 is 2.36 bits per heavy atom. The molecule has 4 nitrogen and oxygen atoms in total. The highest BCUT2D eigenvalue weighted by Crippen LogP contribution is 2.34. The summed E-state index contributed by atoms with van der Waals surface area (Å²) in [7, 11) is 0. The number of nitrogens with zero attached hydrogens (tertiary/aromatic N) is 3. The van der Waals surface area contributed by atoms with Crippen LogP contribution in [0.2, 0.25) is 0 Å². The second kappa shape index (κ2) is 4.83. The molecular weight excluding hydrogens is 274 g/mol. The van der Waals surface area contributed by atoms with E-state index in [0.717, 1.165) is 4.57 Å². The van der Waals surface area contributed by atoms with Gasteiger partial charge in [-0.25, -0.2) is 4.98 Å². The lowest BCUT2D eigenvalue weighted by Gasteiger charge is -2.23. The van der Waals surface area contributed by atoms with Crippen molar-refractivity contribution in [2.75, 3.05) is 0 Å². The molecule has 1 aliphatic carbocycles. The summed E-state index contributed by atoms with van der Waals surface area (Å²) in [5.41, 5.74) is -0.545. The number of carbonyl (C=O) groups excluding carboxylic acids is 1. The van der Waals surface area contributed by atoms with Gasteiger partial charge >= 0.3 is 0 Å². The van der Waals surface area contributed by atoms with Crippen molar-refractivity contribution < 1.29 is 17.1 Å². The first-order chi connectivity index (χ1) is 14.2. The lowest BCUT2D eigenvalue weighted by Crippen LogP contribution is -2.27. The normalized spacial score (nSPS) is 29.0. The Morgan fingerprint density at radius 3 is 3.14 bits per heavy atom. The van der Waals surface area contributed by atoms with Gasteiger partial charge in [-0.05, 0) is 25.7 Å². The Hall–Kier alpha value is -2.36. The van der Waals surface area contributed by atoms with Crippen LogP contribution in [-0.4, -0.2) is 19.9 Å². The lowest BCUT2D eigenvalue weighted by molar-refractivity contribution is 0.0888. The van der Waals surface area contributed by atoms with Gasteiger partial charge in [-0.1, -0.05) is 18.2 Å². The second-order valence-electron chi connectivity index (χ2n) is 5.26. The molecule has 0 amide bonds. The number of rotatable bonds is 2. The van der Waals surface area contributed by atoms with Crippen LogP contribution in [0.25, 0.3) is 10.9 Å². The Bertz CT molecular complexity index is 1220. The lowest BCUT2D eigenvalue weighted by atomic mass is 9.85. The van der Waals surface area contributed by atoms with E-state index in [2.05, 4.69) is 4.98 Å². The van der Waals surface area contributed by atoms with E-state index in [1.165, 1.54) is 23.6 Å². The summed E-state index contributed by atoms with van der Waals surface area (Å²) in [4.78, 5) is 17.4. The molecule has 0 aliphatic heterocycles. The monoisotopic (exact) mass is 302 g/mol. The van der Waals surface area contributed by atoms with Gasteiger partial charge in [-0.3, -0.25) is 4.79 Å². The Labute approximate surface area is 142 Å². The number of ketones is 1. The van der Waals surface area contributed by atoms with Crippen molar-refractivity contribution >= 4 is 16.7 Å². The second-order valence-corrected chi connectivity index (χ2v) is 5.26. The van der Waals surface area contributed by atoms with Crippen LogP contribution in [-0.2, 0) is 19.9 Å². The maximum Gasteiger partial charge on any atom is 0.170 e. The highest BCUT2D eigenvalue weighted by molar-refractivity contribution is 6.11. The van der Waals surface area contributed by atoms with Gasteiger partial charge in [0.15, 0.2) is 5.78 Å². The Balaban J connectivity index is 2.02. The fourth-order valence-electron chi connectivity index (χ4n) is 2.80. The van der Waals surface area contributed by atoms with Crippen LogP contribution in [0.3, 0.4) is 0 Å². The highest BCUT2D eigenvalue weighted by Gasteiger charge is 2.32. The van der Waals surface area contributed by atoms with Crippen LogP contribution < -0.4 is 0 Å². The number of carbonyl (C=O) groups is 1. The molecule has 0 saturated carbocycles. The molecule has 112 valence electrons. The van der Waals surface area contributed by atoms with Gasteiger partial charge in [0.1, 0.15) is 5.82 Å². The smallest absolute Gasteiger partial charge is 0.170 e. The first-order valence-corrected chi connectivity index (χ1v) is 6.90. The zero-order chi connectivity index (χ0) is 23.1. The standard InChI is InChI=1S/C18H19N3O/c1-12-19-9-10-21(12)11-13-7-8-16-17(18(13)22)14-5-3-4-6-15(14)20(16)2/h3-6,9-10,13H,7-8,11H2,1-2H3/i2D3,7D2,8D2,9D,10D. The maximum absolute atomic E-state index is 13.6. The summed E-state index contributed by atoms with van der Waals surface area (Å²) < 4.78 is 75.7. The number of fused-ring (bicyclic) bond motifs is 3. The molecule has 2 heterocycles. The molecule has 1 atom stereocenters. The number of hydrogen-bond donors (Lipinski definition) is 0. The van der Waals surface area contributed by atoms with E-state index in [1.54, 1.807) is 12.1 Å². The van der Waals surface area contributed by atoms with Crippen molar-refractivity contribution in [2.24, 2.45) is 12.9 Å². The van der Waals surface area contributed by atoms with E-state index in [9.17, 15) is 4.79 Å². The van der Waals surface area contributed by atoms with E-state index in [-0.39, 0.29) is 34.6 Å². The quantitative estimate of drug-likeness (QED) is 0.729. The molecule has 22 heavy (non-hydrogen) atoms. The van der Waals surface area contributed by atoms with Gasteiger partial charge in [0.05, 0.1) is 2.74 Å². The summed E-state index contributed by atoms with van der Waals surface area (Å²) in [6.45, 7) is -1.72. The molecular formula is C18H19N3O. The molecule has 4 rings (SSSR count). The fourth-order valence-corrected chi connectivity index (χ4v) is 2.80. The SMILES string of the molecule is [2H]c1nc(C)n(CC2C(=O)c3c(n(C([2H])([2H])[2H])c4ccccc34)C([2H])([2H])C2([2H])[2H])c1[2H]. The van der Waals surface area contributed by atoms with E-state index < -0.39 is 43.7 Å². The largest absolute Gasteiger partial charge is 0.347 e. The zero-order valence-electron chi connectivity index (χ0n) is 20.8. The summed E-state index contributed by atoms with van der Waals surface area (Å²) in [6.07, 6.45) is -6.25. The third kappa shape index (κ3) is 1.83. The molecule has 0 bridgehead atoms.